The highest BCUT2D eigenvalue weighted by atomic mass is 16.5. The van der Waals surface area contributed by atoms with Gasteiger partial charge in [0.05, 0.1) is 6.61 Å². The van der Waals surface area contributed by atoms with Gasteiger partial charge in [0.15, 0.2) is 5.75 Å². The molecule has 3 N–H and O–H groups in total. The van der Waals surface area contributed by atoms with E-state index in [-0.39, 0.29) is 29.2 Å². The lowest BCUT2D eigenvalue weighted by molar-refractivity contribution is 0.0439. The zero-order valence-electron chi connectivity index (χ0n) is 10.8. The number of aliphatic hydroxyl groups excluding tert-OH is 1. The first-order valence-corrected chi connectivity index (χ1v) is 5.92. The molecule has 0 fully saturated rings. The van der Waals surface area contributed by atoms with Crippen LogP contribution in [0.4, 0.5) is 0 Å². The van der Waals surface area contributed by atoms with Crippen molar-refractivity contribution >= 4 is 5.97 Å². The van der Waals surface area contributed by atoms with Crippen molar-refractivity contribution in [3.63, 3.8) is 0 Å². The minimum Gasteiger partial charge on any atom is -0.507 e. The minimum absolute atomic E-state index is 0.0453. The summed E-state index contributed by atoms with van der Waals surface area (Å²) in [6, 6.07) is 5.28. The summed E-state index contributed by atoms with van der Waals surface area (Å²) in [6.07, 6.45) is 0.843. The Bertz CT molecular complexity index is 718. The highest BCUT2D eigenvalue weighted by Gasteiger charge is 2.16. The van der Waals surface area contributed by atoms with Crippen LogP contribution in [0.1, 0.15) is 21.7 Å². The molecule has 0 spiro atoms. The first kappa shape index (κ1) is 14.6. The van der Waals surface area contributed by atoms with Crippen molar-refractivity contribution in [1.82, 2.24) is 0 Å². The second-order valence-electron chi connectivity index (χ2n) is 4.14. The van der Waals surface area contributed by atoms with Gasteiger partial charge in [0, 0.05) is 11.6 Å². The average molecular weight is 292 g/mol. The maximum atomic E-state index is 11.8. The van der Waals surface area contributed by atoms with Crippen molar-refractivity contribution < 1.29 is 29.3 Å². The number of carbonyl (C=O) groups is 1. The van der Waals surface area contributed by atoms with Gasteiger partial charge >= 0.3 is 5.97 Å². The molecular formula is C14H12O7. The fourth-order valence-electron chi connectivity index (χ4n) is 1.62. The van der Waals surface area contributed by atoms with Gasteiger partial charge in [-0.25, -0.2) is 4.79 Å². The normalized spacial score (nSPS) is 10.3. The predicted octanol–water partition coefficient (Wildman–Crippen LogP) is 0.900. The number of carbonyl (C=O) groups excluding carboxylic acids is 1. The Hall–Kier alpha value is -2.80. The van der Waals surface area contributed by atoms with Crippen molar-refractivity contribution in [3.05, 3.63) is 57.6 Å². The molecule has 21 heavy (non-hydrogen) atoms. The quantitative estimate of drug-likeness (QED) is 0.716. The smallest absolute Gasteiger partial charge is 0.342 e. The summed E-state index contributed by atoms with van der Waals surface area (Å²) in [5, 5.41) is 27.8. The van der Waals surface area contributed by atoms with Crippen LogP contribution in [0.3, 0.4) is 0 Å². The fraction of sp³-hybridized carbons (Fsp3) is 0.143. The molecule has 0 bridgehead atoms. The van der Waals surface area contributed by atoms with Crippen LogP contribution >= 0.6 is 0 Å². The number of ether oxygens (including phenoxy) is 1. The van der Waals surface area contributed by atoms with Crippen LogP contribution in [0.15, 0.2) is 39.7 Å². The van der Waals surface area contributed by atoms with Crippen LogP contribution in [0.25, 0.3) is 0 Å². The number of para-hydroxylation sites is 1. The van der Waals surface area contributed by atoms with E-state index in [0.29, 0.717) is 0 Å². The molecule has 0 unspecified atom stereocenters. The van der Waals surface area contributed by atoms with Crippen LogP contribution in [0.5, 0.6) is 11.5 Å². The van der Waals surface area contributed by atoms with Crippen molar-refractivity contribution in [1.29, 1.82) is 0 Å². The number of aliphatic hydroxyl groups is 1. The maximum absolute atomic E-state index is 11.8. The highest BCUT2D eigenvalue weighted by Crippen LogP contribution is 2.23. The molecule has 0 aliphatic rings. The lowest BCUT2D eigenvalue weighted by Crippen LogP contribution is -2.08. The Morgan fingerprint density at radius 1 is 1.29 bits per heavy atom. The monoisotopic (exact) mass is 292 g/mol. The second kappa shape index (κ2) is 6.10. The van der Waals surface area contributed by atoms with E-state index in [4.69, 9.17) is 19.4 Å². The van der Waals surface area contributed by atoms with E-state index < -0.39 is 23.8 Å². The molecule has 0 radical (unpaired) electrons. The third-order valence-electron chi connectivity index (χ3n) is 2.72. The SMILES string of the molecule is O=C(OCc1cc(=O)c(O)co1)c1cccc(CO)c1O. The van der Waals surface area contributed by atoms with E-state index in [1.165, 1.54) is 18.2 Å². The summed E-state index contributed by atoms with van der Waals surface area (Å²) in [7, 11) is 0. The molecule has 0 atom stereocenters. The molecule has 2 aromatic rings. The Morgan fingerprint density at radius 2 is 2.05 bits per heavy atom. The third kappa shape index (κ3) is 3.21. The fourth-order valence-corrected chi connectivity index (χ4v) is 1.62. The van der Waals surface area contributed by atoms with Crippen LogP contribution in [-0.2, 0) is 18.0 Å². The highest BCUT2D eigenvalue weighted by molar-refractivity contribution is 5.92. The van der Waals surface area contributed by atoms with Gasteiger partial charge in [-0.15, -0.1) is 0 Å². The Balaban J connectivity index is 2.11. The number of hydrogen-bond acceptors (Lipinski definition) is 7. The number of esters is 1. The molecule has 1 aromatic carbocycles. The van der Waals surface area contributed by atoms with Crippen molar-refractivity contribution in [3.8, 4) is 11.5 Å². The molecule has 0 aliphatic heterocycles. The van der Waals surface area contributed by atoms with E-state index >= 15 is 0 Å². The number of phenols is 1. The van der Waals surface area contributed by atoms with Gasteiger partial charge in [0.2, 0.25) is 5.43 Å². The lowest BCUT2D eigenvalue weighted by Gasteiger charge is -2.08. The van der Waals surface area contributed by atoms with Gasteiger partial charge in [-0.2, -0.15) is 0 Å². The van der Waals surface area contributed by atoms with Crippen LogP contribution in [-0.4, -0.2) is 21.3 Å². The number of rotatable bonds is 4. The molecule has 7 heteroatoms. The molecule has 1 heterocycles. The summed E-state index contributed by atoms with van der Waals surface area (Å²) < 4.78 is 9.77. The standard InChI is InChI=1S/C14H12O7/c15-5-8-2-1-3-10(13(8)18)14(19)21-6-9-4-11(16)12(17)7-20-9/h1-4,7,15,17-18H,5-6H2. The van der Waals surface area contributed by atoms with Gasteiger partial charge in [-0.1, -0.05) is 12.1 Å². The van der Waals surface area contributed by atoms with E-state index in [2.05, 4.69) is 0 Å². The van der Waals surface area contributed by atoms with Crippen LogP contribution in [0, 0.1) is 0 Å². The number of benzene rings is 1. The van der Waals surface area contributed by atoms with Gasteiger partial charge in [0.1, 0.15) is 29.9 Å². The minimum atomic E-state index is -0.835. The first-order valence-electron chi connectivity index (χ1n) is 5.92. The Morgan fingerprint density at radius 3 is 2.71 bits per heavy atom. The summed E-state index contributed by atoms with van der Waals surface area (Å²) in [4.78, 5) is 23.0. The second-order valence-corrected chi connectivity index (χ2v) is 4.14. The summed E-state index contributed by atoms with van der Waals surface area (Å²) >= 11 is 0. The lowest BCUT2D eigenvalue weighted by atomic mass is 10.1. The molecule has 2 rings (SSSR count). The maximum Gasteiger partial charge on any atom is 0.342 e. The molecule has 1 aromatic heterocycles. The molecule has 0 saturated heterocycles. The zero-order valence-corrected chi connectivity index (χ0v) is 10.8. The first-order chi connectivity index (χ1) is 10.0. The number of hydrogen-bond donors (Lipinski definition) is 3. The Labute approximate surface area is 118 Å². The van der Waals surface area contributed by atoms with E-state index in [1.807, 2.05) is 0 Å². The van der Waals surface area contributed by atoms with Crippen LogP contribution < -0.4 is 5.43 Å². The van der Waals surface area contributed by atoms with Crippen LogP contribution in [0.2, 0.25) is 0 Å². The van der Waals surface area contributed by atoms with E-state index in [1.54, 1.807) is 0 Å². The van der Waals surface area contributed by atoms with Crippen molar-refractivity contribution in [2.75, 3.05) is 0 Å². The van der Waals surface area contributed by atoms with Crippen molar-refractivity contribution in [2.24, 2.45) is 0 Å². The summed E-state index contributed by atoms with van der Waals surface area (Å²) in [5.41, 5.74) is -0.569. The van der Waals surface area contributed by atoms with Crippen molar-refractivity contribution in [2.45, 2.75) is 13.2 Å². The molecule has 0 saturated carbocycles. The van der Waals surface area contributed by atoms with Gasteiger partial charge < -0.3 is 24.5 Å². The van der Waals surface area contributed by atoms with Gasteiger partial charge in [0.25, 0.3) is 0 Å². The third-order valence-corrected chi connectivity index (χ3v) is 2.72. The molecule has 110 valence electrons. The molecule has 0 aliphatic carbocycles. The van der Waals surface area contributed by atoms with E-state index in [0.717, 1.165) is 12.3 Å². The molecule has 0 amide bonds. The number of aromatic hydroxyl groups is 2. The summed E-state index contributed by atoms with van der Waals surface area (Å²) in [5.74, 6) is -1.70. The molecule has 7 nitrogen and oxygen atoms in total. The largest absolute Gasteiger partial charge is 0.507 e. The van der Waals surface area contributed by atoms with Gasteiger partial charge in [-0.3, -0.25) is 4.79 Å². The average Bonchev–Trinajstić information content (AvgIpc) is 2.48. The molecular weight excluding hydrogens is 280 g/mol. The summed E-state index contributed by atoms with van der Waals surface area (Å²) in [6.45, 7) is -0.753. The predicted molar refractivity (Wildman–Crippen MR) is 69.8 cm³/mol. The topological polar surface area (TPSA) is 117 Å². The Kier molecular flexibility index (Phi) is 4.24. The van der Waals surface area contributed by atoms with E-state index in [9.17, 15) is 14.7 Å². The van der Waals surface area contributed by atoms with Gasteiger partial charge in [-0.05, 0) is 6.07 Å². The zero-order chi connectivity index (χ0) is 15.4.